The fourth-order valence-electron chi connectivity index (χ4n) is 2.09. The van der Waals surface area contributed by atoms with E-state index in [9.17, 15) is 14.0 Å². The van der Waals surface area contributed by atoms with Crippen LogP contribution in [0.5, 0.6) is 5.75 Å². The smallest absolute Gasteiger partial charge is 0.239 e. The number of rotatable bonds is 6. The van der Waals surface area contributed by atoms with E-state index in [1.54, 1.807) is 25.3 Å². The Bertz CT molecular complexity index is 758. The molecule has 0 unspecified atom stereocenters. The second kappa shape index (κ2) is 7.79. The summed E-state index contributed by atoms with van der Waals surface area (Å²) < 4.78 is 18.7. The molecule has 0 atom stereocenters. The molecule has 2 aromatic carbocycles. The van der Waals surface area contributed by atoms with Crippen molar-refractivity contribution in [2.45, 2.75) is 20.4 Å². The van der Waals surface area contributed by atoms with E-state index in [0.29, 0.717) is 0 Å². The molecule has 0 radical (unpaired) electrons. The monoisotopic (exact) mass is 344 g/mol. The largest absolute Gasteiger partial charge is 0.497 e. The highest BCUT2D eigenvalue weighted by Gasteiger charge is 2.36. The zero-order chi connectivity index (χ0) is 18.4. The molecule has 2 N–H and O–H groups in total. The molecule has 0 saturated carbocycles. The maximum atomic E-state index is 13.6. The molecule has 0 aromatic heterocycles. The van der Waals surface area contributed by atoms with Crippen molar-refractivity contribution < 1.29 is 18.7 Å². The first-order chi connectivity index (χ1) is 11.8. The van der Waals surface area contributed by atoms with Crippen molar-refractivity contribution in [3.63, 3.8) is 0 Å². The Morgan fingerprint density at radius 3 is 2.28 bits per heavy atom. The first-order valence-electron chi connectivity index (χ1n) is 7.82. The first kappa shape index (κ1) is 18.4. The number of methoxy groups -OCH3 is 1. The van der Waals surface area contributed by atoms with E-state index in [4.69, 9.17) is 4.74 Å². The number of carbonyl (C=O) groups is 2. The Balaban J connectivity index is 1.98. The summed E-state index contributed by atoms with van der Waals surface area (Å²) in [6.07, 6.45) is 0. The number of amides is 2. The van der Waals surface area contributed by atoms with Gasteiger partial charge in [-0.25, -0.2) is 4.39 Å². The number of nitrogens with one attached hydrogen (secondary N) is 2. The predicted octanol–water partition coefficient (Wildman–Crippen LogP) is 3.12. The van der Waals surface area contributed by atoms with Crippen molar-refractivity contribution in [1.82, 2.24) is 5.32 Å². The minimum absolute atomic E-state index is 0.0449. The zero-order valence-electron chi connectivity index (χ0n) is 14.4. The summed E-state index contributed by atoms with van der Waals surface area (Å²) in [4.78, 5) is 24.8. The standard InChI is InChI=1S/C19H21FN2O3/c1-19(2,18(24)22-16-7-5-4-6-15(16)20)17(23)21-12-13-8-10-14(25-3)11-9-13/h4-11H,12H2,1-3H3,(H,21,23)(H,22,24). The topological polar surface area (TPSA) is 67.4 Å². The fourth-order valence-corrected chi connectivity index (χ4v) is 2.09. The highest BCUT2D eigenvalue weighted by atomic mass is 19.1. The van der Waals surface area contributed by atoms with Gasteiger partial charge in [0.1, 0.15) is 17.0 Å². The van der Waals surface area contributed by atoms with Gasteiger partial charge in [-0.1, -0.05) is 24.3 Å². The lowest BCUT2D eigenvalue weighted by Crippen LogP contribution is -2.45. The van der Waals surface area contributed by atoms with Crippen LogP contribution in [0.1, 0.15) is 19.4 Å². The van der Waals surface area contributed by atoms with Gasteiger partial charge in [0.2, 0.25) is 11.8 Å². The molecule has 0 heterocycles. The van der Waals surface area contributed by atoms with E-state index in [-0.39, 0.29) is 12.2 Å². The van der Waals surface area contributed by atoms with Gasteiger partial charge in [0.25, 0.3) is 0 Å². The molecule has 25 heavy (non-hydrogen) atoms. The van der Waals surface area contributed by atoms with Crippen LogP contribution in [0.4, 0.5) is 10.1 Å². The Morgan fingerprint density at radius 2 is 1.68 bits per heavy atom. The molecule has 2 amide bonds. The molecule has 0 aliphatic carbocycles. The van der Waals surface area contributed by atoms with Crippen molar-refractivity contribution in [1.29, 1.82) is 0 Å². The summed E-state index contributed by atoms with van der Waals surface area (Å²) >= 11 is 0. The molecule has 6 heteroatoms. The number of benzene rings is 2. The van der Waals surface area contributed by atoms with Crippen LogP contribution in [0.2, 0.25) is 0 Å². The van der Waals surface area contributed by atoms with E-state index in [0.717, 1.165) is 11.3 Å². The van der Waals surface area contributed by atoms with Crippen molar-refractivity contribution >= 4 is 17.5 Å². The fraction of sp³-hybridized carbons (Fsp3) is 0.263. The average molecular weight is 344 g/mol. The lowest BCUT2D eigenvalue weighted by molar-refractivity contribution is -0.138. The van der Waals surface area contributed by atoms with Crippen LogP contribution < -0.4 is 15.4 Å². The Hall–Kier alpha value is -2.89. The number of hydrogen-bond acceptors (Lipinski definition) is 3. The van der Waals surface area contributed by atoms with Crippen molar-refractivity contribution in [2.24, 2.45) is 5.41 Å². The quantitative estimate of drug-likeness (QED) is 0.791. The third-order valence-corrected chi connectivity index (χ3v) is 3.87. The lowest BCUT2D eigenvalue weighted by Gasteiger charge is -2.23. The van der Waals surface area contributed by atoms with Crippen LogP contribution in [-0.2, 0) is 16.1 Å². The summed E-state index contributed by atoms with van der Waals surface area (Å²) in [5.74, 6) is -0.855. The minimum Gasteiger partial charge on any atom is -0.497 e. The molecule has 5 nitrogen and oxygen atoms in total. The van der Waals surface area contributed by atoms with Crippen LogP contribution in [-0.4, -0.2) is 18.9 Å². The SMILES string of the molecule is COc1ccc(CNC(=O)C(C)(C)C(=O)Nc2ccccc2F)cc1. The normalized spacial score (nSPS) is 10.9. The predicted molar refractivity (Wildman–Crippen MR) is 93.7 cm³/mol. The van der Waals surface area contributed by atoms with Gasteiger partial charge < -0.3 is 15.4 Å². The minimum atomic E-state index is -1.35. The molecule has 0 aliphatic rings. The second-order valence-electron chi connectivity index (χ2n) is 6.09. The molecular formula is C19H21FN2O3. The number of carbonyl (C=O) groups excluding carboxylic acids is 2. The van der Waals surface area contributed by atoms with Crippen molar-refractivity contribution in [3.8, 4) is 5.75 Å². The van der Waals surface area contributed by atoms with Gasteiger partial charge in [0, 0.05) is 6.54 Å². The summed E-state index contributed by atoms with van der Waals surface area (Å²) in [7, 11) is 1.58. The van der Waals surface area contributed by atoms with Crippen LogP contribution in [0.25, 0.3) is 0 Å². The van der Waals surface area contributed by atoms with Crippen LogP contribution >= 0.6 is 0 Å². The molecule has 0 saturated heterocycles. The van der Waals surface area contributed by atoms with Crippen molar-refractivity contribution in [3.05, 3.63) is 59.9 Å². The van der Waals surface area contributed by atoms with Crippen LogP contribution in [0.15, 0.2) is 48.5 Å². The van der Waals surface area contributed by atoms with Gasteiger partial charge in [-0.3, -0.25) is 9.59 Å². The van der Waals surface area contributed by atoms with Gasteiger partial charge in [-0.15, -0.1) is 0 Å². The Morgan fingerprint density at radius 1 is 1.04 bits per heavy atom. The van der Waals surface area contributed by atoms with Crippen molar-refractivity contribution in [2.75, 3.05) is 12.4 Å². The molecular weight excluding hydrogens is 323 g/mol. The zero-order valence-corrected chi connectivity index (χ0v) is 14.4. The lowest BCUT2D eigenvalue weighted by atomic mass is 9.90. The Labute approximate surface area is 146 Å². The summed E-state index contributed by atoms with van der Waals surface area (Å²) in [5.41, 5.74) is -0.433. The molecule has 132 valence electrons. The molecule has 2 rings (SSSR count). The van der Waals surface area contributed by atoms with Gasteiger partial charge in [0.15, 0.2) is 0 Å². The number of ether oxygens (including phenoxy) is 1. The number of hydrogen-bond donors (Lipinski definition) is 2. The molecule has 0 aliphatic heterocycles. The third-order valence-electron chi connectivity index (χ3n) is 3.87. The van der Waals surface area contributed by atoms with Crippen LogP contribution in [0.3, 0.4) is 0 Å². The molecule has 0 spiro atoms. The van der Waals surface area contributed by atoms with E-state index >= 15 is 0 Å². The maximum Gasteiger partial charge on any atom is 0.239 e. The first-order valence-corrected chi connectivity index (χ1v) is 7.82. The highest BCUT2D eigenvalue weighted by molar-refractivity contribution is 6.09. The van der Waals surface area contributed by atoms with Gasteiger partial charge in [0.05, 0.1) is 12.8 Å². The summed E-state index contributed by atoms with van der Waals surface area (Å²) in [6.45, 7) is 3.26. The van der Waals surface area contributed by atoms with E-state index < -0.39 is 23.0 Å². The number of para-hydroxylation sites is 1. The summed E-state index contributed by atoms with van der Waals surface area (Å²) in [5, 5.41) is 5.18. The highest BCUT2D eigenvalue weighted by Crippen LogP contribution is 2.21. The van der Waals surface area contributed by atoms with E-state index in [1.807, 2.05) is 12.1 Å². The molecule has 0 fully saturated rings. The number of anilines is 1. The molecule has 2 aromatic rings. The summed E-state index contributed by atoms with van der Waals surface area (Å²) in [6, 6.07) is 13.0. The Kier molecular flexibility index (Phi) is 5.75. The van der Waals surface area contributed by atoms with Gasteiger partial charge in [-0.05, 0) is 43.7 Å². The third kappa shape index (κ3) is 4.56. The van der Waals surface area contributed by atoms with Crippen LogP contribution in [0, 0.1) is 11.2 Å². The molecule has 0 bridgehead atoms. The maximum absolute atomic E-state index is 13.6. The van der Waals surface area contributed by atoms with Gasteiger partial charge in [-0.2, -0.15) is 0 Å². The van der Waals surface area contributed by atoms with E-state index in [2.05, 4.69) is 10.6 Å². The van der Waals surface area contributed by atoms with E-state index in [1.165, 1.54) is 32.0 Å². The number of halogens is 1. The average Bonchev–Trinajstić information content (AvgIpc) is 2.61. The second-order valence-corrected chi connectivity index (χ2v) is 6.09. The van der Waals surface area contributed by atoms with Gasteiger partial charge >= 0.3 is 0 Å².